The second-order valence-corrected chi connectivity index (χ2v) is 8.22. The van der Waals surface area contributed by atoms with Crippen LogP contribution in [0, 0.1) is 0 Å². The van der Waals surface area contributed by atoms with Gasteiger partial charge in [0, 0.05) is 17.0 Å². The predicted molar refractivity (Wildman–Crippen MR) is 128 cm³/mol. The Morgan fingerprint density at radius 3 is 2.26 bits per heavy atom. The van der Waals surface area contributed by atoms with E-state index in [4.69, 9.17) is 19.6 Å². The van der Waals surface area contributed by atoms with Gasteiger partial charge < -0.3 is 9.47 Å². The molecule has 0 bridgehead atoms. The van der Waals surface area contributed by atoms with Gasteiger partial charge >= 0.3 is 0 Å². The second kappa shape index (κ2) is 9.18. The van der Waals surface area contributed by atoms with E-state index in [0.29, 0.717) is 0 Å². The van der Waals surface area contributed by atoms with Gasteiger partial charge in [0.15, 0.2) is 0 Å². The van der Waals surface area contributed by atoms with Crippen molar-refractivity contribution in [1.82, 2.24) is 4.68 Å². The number of methoxy groups -OCH3 is 2. The van der Waals surface area contributed by atoms with Crippen LogP contribution in [-0.4, -0.2) is 31.2 Å². The van der Waals surface area contributed by atoms with Gasteiger partial charge in [-0.2, -0.15) is 5.10 Å². The minimum Gasteiger partial charge on any atom is -0.497 e. The highest BCUT2D eigenvalue weighted by atomic mass is 32.1. The Bertz CT molecular complexity index is 1280. The molecule has 0 unspecified atom stereocenters. The lowest BCUT2D eigenvalue weighted by Gasteiger charge is -2.07. The summed E-state index contributed by atoms with van der Waals surface area (Å²) in [7, 11) is 3.35. The first-order valence-electron chi connectivity index (χ1n) is 10.1. The quantitative estimate of drug-likeness (QED) is 0.374. The number of hydrogen-bond acceptors (Lipinski definition) is 5. The van der Waals surface area contributed by atoms with Crippen LogP contribution in [0.4, 0.5) is 0 Å². The lowest BCUT2D eigenvalue weighted by Crippen LogP contribution is -2.14. The summed E-state index contributed by atoms with van der Waals surface area (Å²) in [6.07, 6.45) is 1.85. The number of ether oxygens (including phenoxy) is 2. The fourth-order valence-corrected chi connectivity index (χ4v) is 4.21. The van der Waals surface area contributed by atoms with Gasteiger partial charge in [-0.1, -0.05) is 18.2 Å². The van der Waals surface area contributed by atoms with E-state index in [9.17, 15) is 0 Å². The van der Waals surface area contributed by atoms with Crippen LogP contribution in [0.1, 0.15) is 19.4 Å². The summed E-state index contributed by atoms with van der Waals surface area (Å²) < 4.78 is 12.5. The summed E-state index contributed by atoms with van der Waals surface area (Å²) >= 11 is 1.59. The highest BCUT2D eigenvalue weighted by Gasteiger charge is 2.09. The average molecular weight is 432 g/mol. The smallest absolute Gasteiger partial charge is 0.206 e. The fraction of sp³-hybridized carbons (Fsp3) is 0.200. The molecule has 0 amide bonds. The van der Waals surface area contributed by atoms with E-state index < -0.39 is 0 Å². The van der Waals surface area contributed by atoms with E-state index in [1.807, 2.05) is 47.3 Å². The Morgan fingerprint density at radius 2 is 1.55 bits per heavy atom. The molecule has 0 aliphatic carbocycles. The molecule has 0 N–H and O–H groups in total. The third-order valence-electron chi connectivity index (χ3n) is 4.84. The van der Waals surface area contributed by atoms with E-state index >= 15 is 0 Å². The van der Waals surface area contributed by atoms with Crippen molar-refractivity contribution >= 4 is 28.3 Å². The summed E-state index contributed by atoms with van der Waals surface area (Å²) in [5, 5.41) is 9.17. The number of hydrogen-bond donors (Lipinski definition) is 0. The first-order chi connectivity index (χ1) is 15.1. The molecule has 0 radical (unpaired) electrons. The van der Waals surface area contributed by atoms with E-state index in [2.05, 4.69) is 43.5 Å². The zero-order chi connectivity index (χ0) is 21.8. The van der Waals surface area contributed by atoms with Crippen LogP contribution in [0.2, 0.25) is 0 Å². The van der Waals surface area contributed by atoms with Crippen molar-refractivity contribution in [3.8, 4) is 22.8 Å². The molecule has 0 saturated heterocycles. The fourth-order valence-electron chi connectivity index (χ4n) is 3.24. The Hall–Kier alpha value is -3.38. The van der Waals surface area contributed by atoms with Crippen molar-refractivity contribution in [2.24, 2.45) is 10.1 Å². The number of fused-ring (bicyclic) bond motifs is 1. The molecular weight excluding hydrogens is 406 g/mol. The molecular formula is C25H25N3O2S. The summed E-state index contributed by atoms with van der Waals surface area (Å²) in [6.45, 7) is 4.14. The number of nitrogens with zero attached hydrogens (tertiary/aromatic N) is 3. The molecule has 4 aromatic rings. The molecule has 1 aromatic heterocycles. The number of thiazole rings is 1. The monoisotopic (exact) mass is 431 g/mol. The molecule has 4 rings (SSSR count). The predicted octanol–water partition coefficient (Wildman–Crippen LogP) is 5.58. The summed E-state index contributed by atoms with van der Waals surface area (Å²) in [6, 6.07) is 20.5. The molecule has 5 nitrogen and oxygen atoms in total. The molecule has 0 atom stereocenters. The maximum atomic E-state index is 5.34. The van der Waals surface area contributed by atoms with E-state index in [1.54, 1.807) is 25.6 Å². The molecule has 0 fully saturated rings. The molecule has 1 heterocycles. The van der Waals surface area contributed by atoms with Gasteiger partial charge in [0.1, 0.15) is 11.5 Å². The molecule has 31 heavy (non-hydrogen) atoms. The maximum absolute atomic E-state index is 5.34. The molecule has 0 aliphatic rings. The highest BCUT2D eigenvalue weighted by molar-refractivity contribution is 7.07. The summed E-state index contributed by atoms with van der Waals surface area (Å²) in [5.74, 6) is 1.68. The van der Waals surface area contributed by atoms with Gasteiger partial charge in [-0.05, 0) is 72.6 Å². The Balaban J connectivity index is 1.78. The number of benzene rings is 3. The molecule has 0 saturated carbocycles. The minimum absolute atomic E-state index is 0.179. The average Bonchev–Trinajstić information content (AvgIpc) is 3.18. The number of rotatable bonds is 6. The topological polar surface area (TPSA) is 48.1 Å². The van der Waals surface area contributed by atoms with Crippen molar-refractivity contribution < 1.29 is 9.47 Å². The van der Waals surface area contributed by atoms with Crippen LogP contribution in [0.25, 0.3) is 22.0 Å². The van der Waals surface area contributed by atoms with E-state index in [0.717, 1.165) is 43.9 Å². The normalized spacial score (nSPS) is 12.2. The van der Waals surface area contributed by atoms with Crippen LogP contribution in [-0.2, 0) is 0 Å². The lowest BCUT2D eigenvalue weighted by atomic mass is 10.1. The minimum atomic E-state index is 0.179. The zero-order valence-electron chi connectivity index (χ0n) is 18.1. The van der Waals surface area contributed by atoms with Gasteiger partial charge in [0.25, 0.3) is 0 Å². The van der Waals surface area contributed by atoms with E-state index in [1.165, 1.54) is 0 Å². The van der Waals surface area contributed by atoms with Gasteiger partial charge in [-0.15, -0.1) is 11.3 Å². The molecule has 0 spiro atoms. The first-order valence-corrected chi connectivity index (χ1v) is 11.0. The van der Waals surface area contributed by atoms with Crippen molar-refractivity contribution in [3.63, 3.8) is 0 Å². The van der Waals surface area contributed by atoms with Crippen LogP contribution in [0.3, 0.4) is 0 Å². The Kier molecular flexibility index (Phi) is 6.18. The van der Waals surface area contributed by atoms with E-state index in [-0.39, 0.29) is 6.04 Å². The SMILES string of the molecule is COc1ccc(C=Nn2c(-c3ccc4cc(OC)ccc4c3)csc2=NC(C)C)cc1. The van der Waals surface area contributed by atoms with Crippen molar-refractivity contribution in [2.45, 2.75) is 19.9 Å². The van der Waals surface area contributed by atoms with Gasteiger partial charge in [0.2, 0.25) is 4.80 Å². The molecule has 0 aliphatic heterocycles. The van der Waals surface area contributed by atoms with Crippen molar-refractivity contribution in [2.75, 3.05) is 14.2 Å². The van der Waals surface area contributed by atoms with Gasteiger partial charge in [-0.3, -0.25) is 4.99 Å². The van der Waals surface area contributed by atoms with Gasteiger partial charge in [0.05, 0.1) is 26.1 Å². The van der Waals surface area contributed by atoms with Crippen LogP contribution >= 0.6 is 11.3 Å². The van der Waals surface area contributed by atoms with Crippen LogP contribution < -0.4 is 14.3 Å². The maximum Gasteiger partial charge on any atom is 0.206 e. The third kappa shape index (κ3) is 4.70. The number of aromatic nitrogens is 1. The van der Waals surface area contributed by atoms with Crippen LogP contribution in [0.5, 0.6) is 11.5 Å². The van der Waals surface area contributed by atoms with Crippen molar-refractivity contribution in [1.29, 1.82) is 0 Å². The van der Waals surface area contributed by atoms with Crippen LogP contribution in [0.15, 0.2) is 76.1 Å². The molecule has 3 aromatic carbocycles. The molecule has 158 valence electrons. The first kappa shape index (κ1) is 20.9. The Morgan fingerprint density at radius 1 is 0.871 bits per heavy atom. The van der Waals surface area contributed by atoms with Gasteiger partial charge in [-0.25, -0.2) is 4.68 Å². The molecule has 6 heteroatoms. The van der Waals surface area contributed by atoms with Crippen molar-refractivity contribution in [3.05, 3.63) is 76.4 Å². The summed E-state index contributed by atoms with van der Waals surface area (Å²) in [5.41, 5.74) is 3.09. The summed E-state index contributed by atoms with van der Waals surface area (Å²) in [4.78, 5) is 5.63. The standard InChI is InChI=1S/C25H25N3O2S/c1-17(2)27-25-28(26-15-18-5-10-22(29-3)11-6-18)24(16-31-25)21-8-7-20-14-23(30-4)12-9-19(20)13-21/h5-17H,1-4H3. The third-order valence-corrected chi connectivity index (χ3v) is 5.67. The largest absolute Gasteiger partial charge is 0.497 e. The lowest BCUT2D eigenvalue weighted by molar-refractivity contribution is 0.415. The second-order valence-electron chi connectivity index (χ2n) is 7.38. The highest BCUT2D eigenvalue weighted by Crippen LogP contribution is 2.27. The Labute approximate surface area is 185 Å². The zero-order valence-corrected chi connectivity index (χ0v) is 18.9.